The number of ketones is 1. The summed E-state index contributed by atoms with van der Waals surface area (Å²) in [6.07, 6.45) is 5.38. The molecule has 0 radical (unpaired) electrons. The fraction of sp³-hybridized carbons (Fsp3) is 0.562. The van der Waals surface area contributed by atoms with Crippen LogP contribution in [0.2, 0.25) is 0 Å². The Hall–Kier alpha value is -1.15. The molecular formula is C16H22O2. The second-order valence-corrected chi connectivity index (χ2v) is 5.59. The summed E-state index contributed by atoms with van der Waals surface area (Å²) >= 11 is 0. The van der Waals surface area contributed by atoms with Gasteiger partial charge in [0.05, 0.1) is 0 Å². The van der Waals surface area contributed by atoms with Crippen LogP contribution in [-0.2, 0) is 0 Å². The molecule has 1 saturated carbocycles. The van der Waals surface area contributed by atoms with Gasteiger partial charge < -0.3 is 5.11 Å². The average Bonchev–Trinajstić information content (AvgIpc) is 2.57. The fourth-order valence-electron chi connectivity index (χ4n) is 2.77. The van der Waals surface area contributed by atoms with Crippen LogP contribution in [0.15, 0.2) is 18.2 Å². The van der Waals surface area contributed by atoms with Crippen molar-refractivity contribution in [1.82, 2.24) is 0 Å². The van der Waals surface area contributed by atoms with Crippen LogP contribution < -0.4 is 0 Å². The number of aryl methyl sites for hydroxylation is 2. The number of aliphatic hydroxyl groups is 1. The summed E-state index contributed by atoms with van der Waals surface area (Å²) in [4.78, 5) is 12.6. The summed E-state index contributed by atoms with van der Waals surface area (Å²) in [5, 5.41) is 10.6. The van der Waals surface area contributed by atoms with Gasteiger partial charge in [-0.25, -0.2) is 0 Å². The summed E-state index contributed by atoms with van der Waals surface area (Å²) in [7, 11) is 0. The average molecular weight is 246 g/mol. The first-order valence-corrected chi connectivity index (χ1v) is 6.87. The van der Waals surface area contributed by atoms with Crippen molar-refractivity contribution in [3.8, 4) is 0 Å². The third kappa shape index (κ3) is 2.64. The van der Waals surface area contributed by atoms with Crippen molar-refractivity contribution in [3.63, 3.8) is 0 Å². The number of benzene rings is 1. The maximum Gasteiger partial charge on any atom is 0.194 e. The Balaban J connectivity index is 2.31. The Morgan fingerprint density at radius 1 is 1.11 bits per heavy atom. The van der Waals surface area contributed by atoms with E-state index in [2.05, 4.69) is 0 Å². The van der Waals surface area contributed by atoms with E-state index in [-0.39, 0.29) is 5.78 Å². The van der Waals surface area contributed by atoms with Gasteiger partial charge in [-0.2, -0.15) is 0 Å². The second-order valence-electron chi connectivity index (χ2n) is 5.59. The van der Waals surface area contributed by atoms with Gasteiger partial charge in [0.15, 0.2) is 5.78 Å². The highest BCUT2D eigenvalue weighted by molar-refractivity contribution is 6.03. The van der Waals surface area contributed by atoms with E-state index in [0.29, 0.717) is 18.4 Å². The lowest BCUT2D eigenvalue weighted by Crippen LogP contribution is -2.38. The van der Waals surface area contributed by atoms with E-state index >= 15 is 0 Å². The molecule has 1 fully saturated rings. The van der Waals surface area contributed by atoms with E-state index in [1.807, 2.05) is 32.0 Å². The van der Waals surface area contributed by atoms with Crippen LogP contribution in [0.5, 0.6) is 0 Å². The quantitative estimate of drug-likeness (QED) is 0.640. The molecule has 98 valence electrons. The minimum absolute atomic E-state index is 0.0781. The SMILES string of the molecule is Cc1ccc(C)c(C(=O)C2(O)CCCCCC2)c1. The molecule has 0 heterocycles. The van der Waals surface area contributed by atoms with Crippen molar-refractivity contribution in [2.45, 2.75) is 58.0 Å². The van der Waals surface area contributed by atoms with Gasteiger partial charge in [0.1, 0.15) is 5.60 Å². The Bertz CT molecular complexity index is 440. The Labute approximate surface area is 109 Å². The monoisotopic (exact) mass is 246 g/mol. The maximum atomic E-state index is 12.6. The molecule has 0 aliphatic heterocycles. The molecule has 1 N–H and O–H groups in total. The van der Waals surface area contributed by atoms with Crippen LogP contribution >= 0.6 is 0 Å². The number of carbonyl (C=O) groups is 1. The van der Waals surface area contributed by atoms with E-state index in [4.69, 9.17) is 0 Å². The predicted molar refractivity (Wildman–Crippen MR) is 72.9 cm³/mol. The highest BCUT2D eigenvalue weighted by atomic mass is 16.3. The Morgan fingerprint density at radius 3 is 2.33 bits per heavy atom. The van der Waals surface area contributed by atoms with E-state index < -0.39 is 5.60 Å². The van der Waals surface area contributed by atoms with Gasteiger partial charge in [0.2, 0.25) is 0 Å². The molecule has 0 saturated heterocycles. The molecule has 1 aromatic rings. The summed E-state index contributed by atoms with van der Waals surface area (Å²) < 4.78 is 0. The third-order valence-corrected chi connectivity index (χ3v) is 3.99. The molecule has 18 heavy (non-hydrogen) atoms. The minimum Gasteiger partial charge on any atom is -0.382 e. The highest BCUT2D eigenvalue weighted by Crippen LogP contribution is 2.31. The number of Topliss-reactive ketones (excluding diaryl/α,β-unsaturated/α-hetero) is 1. The molecule has 1 aliphatic carbocycles. The molecular weight excluding hydrogens is 224 g/mol. The van der Waals surface area contributed by atoms with E-state index in [9.17, 15) is 9.90 Å². The second kappa shape index (κ2) is 5.23. The molecule has 0 spiro atoms. The highest BCUT2D eigenvalue weighted by Gasteiger charge is 2.37. The van der Waals surface area contributed by atoms with E-state index in [1.54, 1.807) is 0 Å². The summed E-state index contributed by atoms with van der Waals surface area (Å²) in [6.45, 7) is 3.92. The molecule has 0 bridgehead atoms. The standard InChI is InChI=1S/C16H22O2/c1-12-7-8-13(2)14(11-12)15(17)16(18)9-5-3-4-6-10-16/h7-8,11,18H,3-6,9-10H2,1-2H3. The first-order valence-electron chi connectivity index (χ1n) is 6.87. The molecule has 0 aromatic heterocycles. The van der Waals surface area contributed by atoms with Gasteiger partial charge in [-0.3, -0.25) is 4.79 Å². The molecule has 2 heteroatoms. The molecule has 0 amide bonds. The number of rotatable bonds is 2. The zero-order valence-electron chi connectivity index (χ0n) is 11.3. The molecule has 2 nitrogen and oxygen atoms in total. The summed E-state index contributed by atoms with van der Waals surface area (Å²) in [5.41, 5.74) is 1.60. The third-order valence-electron chi connectivity index (χ3n) is 3.99. The largest absolute Gasteiger partial charge is 0.382 e. The van der Waals surface area contributed by atoms with Gasteiger partial charge in [0.25, 0.3) is 0 Å². The summed E-state index contributed by atoms with van der Waals surface area (Å²) in [6, 6.07) is 5.87. The lowest BCUT2D eigenvalue weighted by atomic mass is 9.84. The van der Waals surface area contributed by atoms with Crippen molar-refractivity contribution in [1.29, 1.82) is 0 Å². The van der Waals surface area contributed by atoms with Crippen molar-refractivity contribution >= 4 is 5.78 Å². The van der Waals surface area contributed by atoms with Crippen LogP contribution in [0.3, 0.4) is 0 Å². The number of carbonyl (C=O) groups excluding carboxylic acids is 1. The molecule has 0 atom stereocenters. The Morgan fingerprint density at radius 2 is 1.72 bits per heavy atom. The Kier molecular flexibility index (Phi) is 3.86. The van der Waals surface area contributed by atoms with Crippen molar-refractivity contribution in [2.75, 3.05) is 0 Å². The van der Waals surface area contributed by atoms with Crippen molar-refractivity contribution in [3.05, 3.63) is 34.9 Å². The molecule has 0 unspecified atom stereocenters. The smallest absolute Gasteiger partial charge is 0.194 e. The van der Waals surface area contributed by atoms with Gasteiger partial charge >= 0.3 is 0 Å². The van der Waals surface area contributed by atoms with E-state index in [0.717, 1.165) is 36.8 Å². The number of hydrogen-bond acceptors (Lipinski definition) is 2. The summed E-state index contributed by atoms with van der Waals surface area (Å²) in [5.74, 6) is -0.0781. The lowest BCUT2D eigenvalue weighted by Gasteiger charge is -2.25. The predicted octanol–water partition coefficient (Wildman–Crippen LogP) is 3.57. The molecule has 1 aliphatic rings. The van der Waals surface area contributed by atoms with Gasteiger partial charge in [0, 0.05) is 5.56 Å². The van der Waals surface area contributed by atoms with Gasteiger partial charge in [-0.1, -0.05) is 43.4 Å². The fourth-order valence-corrected chi connectivity index (χ4v) is 2.77. The van der Waals surface area contributed by atoms with Crippen LogP contribution in [-0.4, -0.2) is 16.5 Å². The minimum atomic E-state index is -1.13. The zero-order chi connectivity index (χ0) is 13.2. The molecule has 2 rings (SSSR count). The van der Waals surface area contributed by atoms with Crippen LogP contribution in [0.4, 0.5) is 0 Å². The van der Waals surface area contributed by atoms with Gasteiger partial charge in [-0.05, 0) is 38.3 Å². The topological polar surface area (TPSA) is 37.3 Å². The van der Waals surface area contributed by atoms with Crippen LogP contribution in [0, 0.1) is 13.8 Å². The molecule has 1 aromatic carbocycles. The normalized spacial score (nSPS) is 19.3. The first kappa shape index (κ1) is 13.3. The van der Waals surface area contributed by atoms with Crippen molar-refractivity contribution < 1.29 is 9.90 Å². The number of hydrogen-bond donors (Lipinski definition) is 1. The first-order chi connectivity index (χ1) is 8.53. The zero-order valence-corrected chi connectivity index (χ0v) is 11.3. The van der Waals surface area contributed by atoms with E-state index in [1.165, 1.54) is 0 Å². The maximum absolute atomic E-state index is 12.6. The van der Waals surface area contributed by atoms with Crippen molar-refractivity contribution in [2.24, 2.45) is 0 Å². The van der Waals surface area contributed by atoms with Crippen LogP contribution in [0.25, 0.3) is 0 Å². The lowest BCUT2D eigenvalue weighted by molar-refractivity contribution is 0.0237. The van der Waals surface area contributed by atoms with Crippen LogP contribution in [0.1, 0.15) is 60.0 Å². The van der Waals surface area contributed by atoms with Gasteiger partial charge in [-0.15, -0.1) is 0 Å².